The zero-order valence-electron chi connectivity index (χ0n) is 16.0. The number of hydrogen-bond donors (Lipinski definition) is 2. The number of rotatable bonds is 7. The fourth-order valence-electron chi connectivity index (χ4n) is 2.95. The molecule has 7 heteroatoms. The Kier molecular flexibility index (Phi) is 5.67. The summed E-state index contributed by atoms with van der Waals surface area (Å²) in [5.74, 6) is 1.56. The zero-order chi connectivity index (χ0) is 20.1. The molecule has 146 valence electrons. The van der Waals surface area contributed by atoms with E-state index in [2.05, 4.69) is 39.7 Å². The van der Waals surface area contributed by atoms with Crippen molar-refractivity contribution >= 4 is 12.2 Å². The van der Waals surface area contributed by atoms with Gasteiger partial charge in [0.15, 0.2) is 5.82 Å². The van der Waals surface area contributed by atoms with Crippen LogP contribution in [-0.2, 0) is 13.2 Å². The third-order valence-corrected chi connectivity index (χ3v) is 4.90. The quantitative estimate of drug-likeness (QED) is 0.440. The second-order valence-electron chi connectivity index (χ2n) is 6.62. The molecule has 0 spiro atoms. The summed E-state index contributed by atoms with van der Waals surface area (Å²) in [6.07, 6.45) is 3.46. The fraction of sp³-hybridized carbons (Fsp3) is 0.136. The van der Waals surface area contributed by atoms with E-state index >= 15 is 0 Å². The van der Waals surface area contributed by atoms with E-state index in [4.69, 9.17) is 17.0 Å². The summed E-state index contributed by atoms with van der Waals surface area (Å²) >= 11 is 5.35. The van der Waals surface area contributed by atoms with Gasteiger partial charge in [0.05, 0.1) is 6.54 Å². The summed E-state index contributed by atoms with van der Waals surface area (Å²) in [7, 11) is 0. The molecule has 0 bridgehead atoms. The maximum atomic E-state index is 5.91. The highest BCUT2D eigenvalue weighted by molar-refractivity contribution is 7.71. The Morgan fingerprint density at radius 2 is 1.79 bits per heavy atom. The van der Waals surface area contributed by atoms with Crippen LogP contribution in [0.15, 0.2) is 73.1 Å². The highest BCUT2D eigenvalue weighted by atomic mass is 32.1. The number of aromatic amines is 1. The molecule has 0 atom stereocenters. The number of nitrogens with zero attached hydrogens (tertiary/aromatic N) is 3. The van der Waals surface area contributed by atoms with Gasteiger partial charge in [0.25, 0.3) is 0 Å². The lowest BCUT2D eigenvalue weighted by Crippen LogP contribution is -2.15. The molecule has 4 aromatic rings. The average Bonchev–Trinajstić information content (AvgIpc) is 3.13. The van der Waals surface area contributed by atoms with E-state index in [1.54, 1.807) is 17.1 Å². The number of H-pyrrole nitrogens is 1. The molecule has 0 radical (unpaired) electrons. The van der Waals surface area contributed by atoms with Crippen molar-refractivity contribution in [2.45, 2.75) is 20.1 Å². The lowest BCUT2D eigenvalue weighted by atomic mass is 10.1. The summed E-state index contributed by atoms with van der Waals surface area (Å²) < 4.78 is 8.19. The van der Waals surface area contributed by atoms with Crippen LogP contribution in [0.3, 0.4) is 0 Å². The minimum atomic E-state index is 0.509. The predicted octanol–water partition coefficient (Wildman–Crippen LogP) is 4.63. The Morgan fingerprint density at radius 3 is 2.55 bits per heavy atom. The van der Waals surface area contributed by atoms with Crippen LogP contribution in [0.2, 0.25) is 0 Å². The minimum absolute atomic E-state index is 0.509. The van der Waals surface area contributed by atoms with Gasteiger partial charge in [-0.2, -0.15) is 5.10 Å². The fourth-order valence-corrected chi connectivity index (χ4v) is 3.14. The van der Waals surface area contributed by atoms with Crippen molar-refractivity contribution in [2.24, 2.45) is 0 Å². The number of hydrogen-bond acceptors (Lipinski definition) is 5. The van der Waals surface area contributed by atoms with Crippen molar-refractivity contribution in [3.63, 3.8) is 0 Å². The molecule has 2 aromatic carbocycles. The highest BCUT2D eigenvalue weighted by Crippen LogP contribution is 2.17. The predicted molar refractivity (Wildman–Crippen MR) is 116 cm³/mol. The molecule has 0 aliphatic carbocycles. The van der Waals surface area contributed by atoms with E-state index in [9.17, 15) is 0 Å². The molecule has 0 unspecified atom stereocenters. The third kappa shape index (κ3) is 4.52. The van der Waals surface area contributed by atoms with Crippen LogP contribution in [0, 0.1) is 11.7 Å². The summed E-state index contributed by atoms with van der Waals surface area (Å²) in [4.78, 5) is 4.04. The standard InChI is InChI=1S/C22H21N5OS/c1-16-4-2-3-5-19(16)15-28-20-8-6-17(7-9-20)14-24-27-21(25-26-22(27)29)18-10-12-23-13-11-18/h2-13,24H,14-15H2,1H3,(H,26,29). The normalized spacial score (nSPS) is 10.7. The second kappa shape index (κ2) is 8.70. The van der Waals surface area contributed by atoms with Gasteiger partial charge >= 0.3 is 0 Å². The van der Waals surface area contributed by atoms with Crippen molar-refractivity contribution in [2.75, 3.05) is 5.43 Å². The van der Waals surface area contributed by atoms with Crippen molar-refractivity contribution in [1.29, 1.82) is 0 Å². The Hall–Kier alpha value is -3.45. The van der Waals surface area contributed by atoms with Crippen LogP contribution in [0.25, 0.3) is 11.4 Å². The Labute approximate surface area is 174 Å². The molecule has 2 aromatic heterocycles. The summed E-state index contributed by atoms with van der Waals surface area (Å²) in [5.41, 5.74) is 7.78. The number of aryl methyl sites for hydroxylation is 1. The Morgan fingerprint density at radius 1 is 1.03 bits per heavy atom. The number of nitrogens with one attached hydrogen (secondary N) is 2. The molecular formula is C22H21N5OS. The Bertz CT molecular complexity index is 1140. The topological polar surface area (TPSA) is 67.8 Å². The third-order valence-electron chi connectivity index (χ3n) is 4.63. The van der Waals surface area contributed by atoms with Crippen molar-refractivity contribution < 1.29 is 4.74 Å². The number of aromatic nitrogens is 4. The molecule has 6 nitrogen and oxygen atoms in total. The van der Waals surface area contributed by atoms with Crippen LogP contribution in [0.1, 0.15) is 16.7 Å². The smallest absolute Gasteiger partial charge is 0.214 e. The molecule has 0 fully saturated rings. The van der Waals surface area contributed by atoms with E-state index < -0.39 is 0 Å². The van der Waals surface area contributed by atoms with Crippen molar-refractivity contribution in [1.82, 2.24) is 19.9 Å². The molecule has 0 saturated heterocycles. The van der Waals surface area contributed by atoms with Gasteiger partial charge in [-0.15, -0.1) is 0 Å². The first kappa shape index (κ1) is 18.9. The lowest BCUT2D eigenvalue weighted by molar-refractivity contribution is 0.305. The monoisotopic (exact) mass is 403 g/mol. The summed E-state index contributed by atoms with van der Waals surface area (Å²) in [5, 5.41) is 7.14. The van der Waals surface area contributed by atoms with Crippen LogP contribution in [-0.4, -0.2) is 19.9 Å². The van der Waals surface area contributed by atoms with E-state index in [1.807, 2.05) is 48.5 Å². The molecule has 2 heterocycles. The molecular weight excluding hydrogens is 382 g/mol. The van der Waals surface area contributed by atoms with Gasteiger partial charge in [-0.1, -0.05) is 36.4 Å². The molecule has 2 N–H and O–H groups in total. The van der Waals surface area contributed by atoms with Crippen LogP contribution < -0.4 is 10.2 Å². The van der Waals surface area contributed by atoms with Crippen molar-refractivity contribution in [3.8, 4) is 17.1 Å². The first-order valence-electron chi connectivity index (χ1n) is 9.28. The van der Waals surface area contributed by atoms with Gasteiger partial charge in [-0.05, 0) is 60.1 Å². The molecule has 29 heavy (non-hydrogen) atoms. The van der Waals surface area contributed by atoms with E-state index in [0.717, 1.165) is 22.7 Å². The second-order valence-corrected chi connectivity index (χ2v) is 7.00. The first-order valence-corrected chi connectivity index (χ1v) is 9.69. The van der Waals surface area contributed by atoms with Crippen LogP contribution in [0.5, 0.6) is 5.75 Å². The SMILES string of the molecule is Cc1ccccc1COc1ccc(CNn2c(-c3ccncc3)n[nH]c2=S)cc1. The van der Waals surface area contributed by atoms with E-state index in [-0.39, 0.29) is 0 Å². The minimum Gasteiger partial charge on any atom is -0.489 e. The number of pyridine rings is 1. The van der Waals surface area contributed by atoms with Gasteiger partial charge in [-0.25, -0.2) is 9.77 Å². The molecule has 0 aliphatic rings. The number of benzene rings is 2. The maximum absolute atomic E-state index is 5.91. The van der Waals surface area contributed by atoms with Crippen molar-refractivity contribution in [3.05, 3.63) is 94.5 Å². The van der Waals surface area contributed by atoms with E-state index in [1.165, 1.54) is 11.1 Å². The van der Waals surface area contributed by atoms with Gasteiger partial charge in [0, 0.05) is 18.0 Å². The molecule has 0 saturated carbocycles. The van der Waals surface area contributed by atoms with Crippen LogP contribution in [0.4, 0.5) is 0 Å². The summed E-state index contributed by atoms with van der Waals surface area (Å²) in [6, 6.07) is 20.1. The lowest BCUT2D eigenvalue weighted by Gasteiger charge is -2.11. The zero-order valence-corrected chi connectivity index (χ0v) is 16.8. The van der Waals surface area contributed by atoms with Gasteiger partial charge in [0.2, 0.25) is 4.77 Å². The molecule has 0 aliphatic heterocycles. The molecule has 0 amide bonds. The number of ether oxygens (including phenoxy) is 1. The van der Waals surface area contributed by atoms with Gasteiger partial charge in [-0.3, -0.25) is 4.98 Å². The first-order chi connectivity index (χ1) is 14.2. The average molecular weight is 404 g/mol. The summed E-state index contributed by atoms with van der Waals surface area (Å²) in [6.45, 7) is 3.25. The molecule has 4 rings (SSSR count). The van der Waals surface area contributed by atoms with Gasteiger partial charge < -0.3 is 10.2 Å². The highest BCUT2D eigenvalue weighted by Gasteiger charge is 2.08. The van der Waals surface area contributed by atoms with E-state index in [0.29, 0.717) is 17.9 Å². The largest absolute Gasteiger partial charge is 0.489 e. The maximum Gasteiger partial charge on any atom is 0.214 e. The Balaban J connectivity index is 1.40. The van der Waals surface area contributed by atoms with Gasteiger partial charge in [0.1, 0.15) is 12.4 Å². The van der Waals surface area contributed by atoms with Crippen LogP contribution >= 0.6 is 12.2 Å².